The lowest BCUT2D eigenvalue weighted by molar-refractivity contribution is -0.123. The van der Waals surface area contributed by atoms with Gasteiger partial charge in [0.05, 0.1) is 0 Å². The summed E-state index contributed by atoms with van der Waals surface area (Å²) < 4.78 is 0. The van der Waals surface area contributed by atoms with Crippen molar-refractivity contribution in [3.63, 3.8) is 0 Å². The molecule has 19 heavy (non-hydrogen) atoms. The molecular formula is C14H19N3O2. The Hall–Kier alpha value is -2.04. The first-order valence-electron chi connectivity index (χ1n) is 6.37. The molecule has 0 heterocycles. The Kier molecular flexibility index (Phi) is 3.74. The van der Waals surface area contributed by atoms with E-state index in [9.17, 15) is 4.79 Å². The Morgan fingerprint density at radius 2 is 2.11 bits per heavy atom. The number of hydrogen-bond donors (Lipinski definition) is 3. The zero-order chi connectivity index (χ0) is 13.9. The number of benzene rings is 1. The fraction of sp³-hybridized carbons (Fsp3) is 0.429. The van der Waals surface area contributed by atoms with Gasteiger partial charge in [-0.3, -0.25) is 4.79 Å². The van der Waals surface area contributed by atoms with E-state index < -0.39 is 5.92 Å². The number of nitrogens with two attached hydrogens (primary N) is 1. The normalized spacial score (nSPS) is 18.7. The van der Waals surface area contributed by atoms with Crippen LogP contribution in [0.2, 0.25) is 0 Å². The molecule has 1 fully saturated rings. The highest BCUT2D eigenvalue weighted by molar-refractivity contribution is 6.02. The van der Waals surface area contributed by atoms with Crippen LogP contribution in [0.5, 0.6) is 0 Å². The van der Waals surface area contributed by atoms with Crippen LogP contribution >= 0.6 is 0 Å². The summed E-state index contributed by atoms with van der Waals surface area (Å²) in [5.74, 6) is -0.866. The van der Waals surface area contributed by atoms with Crippen molar-refractivity contribution in [1.29, 1.82) is 0 Å². The fourth-order valence-corrected chi connectivity index (χ4v) is 1.95. The van der Waals surface area contributed by atoms with Crippen LogP contribution in [0.25, 0.3) is 0 Å². The van der Waals surface area contributed by atoms with Crippen LogP contribution in [0.15, 0.2) is 35.5 Å². The number of carbonyl (C=O) groups is 1. The maximum Gasteiger partial charge on any atom is 0.231 e. The van der Waals surface area contributed by atoms with E-state index in [4.69, 9.17) is 10.9 Å². The number of amides is 1. The molecule has 0 bridgehead atoms. The number of rotatable bonds is 5. The monoisotopic (exact) mass is 261 g/mol. The number of nitrogens with zero attached hydrogens (tertiary/aromatic N) is 1. The van der Waals surface area contributed by atoms with Crippen LogP contribution in [0.3, 0.4) is 0 Å². The molecule has 1 amide bonds. The lowest BCUT2D eigenvalue weighted by Crippen LogP contribution is -2.44. The SMILES string of the molecule is CC1(NC(=O)C(Cc2ccccc2)/C(N)=N/O)CC1. The summed E-state index contributed by atoms with van der Waals surface area (Å²) in [5.41, 5.74) is 6.52. The molecule has 1 unspecified atom stereocenters. The van der Waals surface area contributed by atoms with Crippen molar-refractivity contribution in [2.75, 3.05) is 0 Å². The molecule has 1 aliphatic rings. The predicted octanol–water partition coefficient (Wildman–Crippen LogP) is 1.26. The number of carbonyl (C=O) groups excluding carboxylic acids is 1. The first-order valence-corrected chi connectivity index (χ1v) is 6.37. The topological polar surface area (TPSA) is 87.7 Å². The third-order valence-electron chi connectivity index (χ3n) is 3.50. The van der Waals surface area contributed by atoms with Gasteiger partial charge in [-0.1, -0.05) is 35.5 Å². The van der Waals surface area contributed by atoms with E-state index in [2.05, 4.69) is 10.5 Å². The molecule has 2 rings (SSSR count). The molecule has 0 aromatic heterocycles. The Balaban J connectivity index is 2.09. The van der Waals surface area contributed by atoms with Crippen molar-refractivity contribution in [2.24, 2.45) is 16.8 Å². The lowest BCUT2D eigenvalue weighted by atomic mass is 9.97. The smallest absolute Gasteiger partial charge is 0.231 e. The Bertz CT molecular complexity index is 481. The maximum absolute atomic E-state index is 12.2. The average Bonchev–Trinajstić information content (AvgIpc) is 3.13. The molecule has 5 heteroatoms. The number of hydrogen-bond acceptors (Lipinski definition) is 3. The lowest BCUT2D eigenvalue weighted by Gasteiger charge is -2.19. The summed E-state index contributed by atoms with van der Waals surface area (Å²) in [6.07, 6.45) is 2.39. The molecule has 4 N–H and O–H groups in total. The van der Waals surface area contributed by atoms with Crippen LogP contribution in [-0.4, -0.2) is 22.5 Å². The van der Waals surface area contributed by atoms with E-state index in [1.54, 1.807) is 0 Å². The largest absolute Gasteiger partial charge is 0.409 e. The van der Waals surface area contributed by atoms with E-state index in [0.29, 0.717) is 6.42 Å². The van der Waals surface area contributed by atoms with Gasteiger partial charge in [0.15, 0.2) is 5.84 Å². The number of nitrogens with one attached hydrogen (secondary N) is 1. The van der Waals surface area contributed by atoms with Crippen LogP contribution in [0.1, 0.15) is 25.3 Å². The second-order valence-corrected chi connectivity index (χ2v) is 5.32. The molecular weight excluding hydrogens is 242 g/mol. The Morgan fingerprint density at radius 3 is 2.63 bits per heavy atom. The fourth-order valence-electron chi connectivity index (χ4n) is 1.95. The quantitative estimate of drug-likeness (QED) is 0.323. The average molecular weight is 261 g/mol. The van der Waals surface area contributed by atoms with Crippen molar-refractivity contribution >= 4 is 11.7 Å². The first kappa shape index (κ1) is 13.4. The van der Waals surface area contributed by atoms with Crippen molar-refractivity contribution in [3.8, 4) is 0 Å². The van der Waals surface area contributed by atoms with Crippen molar-refractivity contribution in [2.45, 2.75) is 31.7 Å². The highest BCUT2D eigenvalue weighted by Crippen LogP contribution is 2.34. The van der Waals surface area contributed by atoms with Gasteiger partial charge in [0.2, 0.25) is 5.91 Å². The molecule has 1 atom stereocenters. The second-order valence-electron chi connectivity index (χ2n) is 5.32. The van der Waals surface area contributed by atoms with Crippen LogP contribution < -0.4 is 11.1 Å². The first-order chi connectivity index (χ1) is 9.04. The van der Waals surface area contributed by atoms with Gasteiger partial charge in [0.1, 0.15) is 5.92 Å². The Labute approximate surface area is 112 Å². The third kappa shape index (κ3) is 3.47. The summed E-state index contributed by atoms with van der Waals surface area (Å²) in [5, 5.41) is 14.8. The molecule has 0 radical (unpaired) electrons. The van der Waals surface area contributed by atoms with Crippen molar-refractivity contribution < 1.29 is 10.0 Å². The molecule has 0 spiro atoms. The highest BCUT2D eigenvalue weighted by Gasteiger charge is 2.40. The molecule has 102 valence electrons. The summed E-state index contributed by atoms with van der Waals surface area (Å²) in [6.45, 7) is 2.00. The van der Waals surface area contributed by atoms with Gasteiger partial charge >= 0.3 is 0 Å². The number of amidine groups is 1. The molecule has 1 aromatic rings. The molecule has 5 nitrogen and oxygen atoms in total. The molecule has 1 saturated carbocycles. The minimum Gasteiger partial charge on any atom is -0.409 e. The van der Waals surface area contributed by atoms with E-state index >= 15 is 0 Å². The number of oxime groups is 1. The van der Waals surface area contributed by atoms with Crippen molar-refractivity contribution in [3.05, 3.63) is 35.9 Å². The Morgan fingerprint density at radius 1 is 1.47 bits per heavy atom. The van der Waals surface area contributed by atoms with Gasteiger partial charge in [-0.25, -0.2) is 0 Å². The minimum absolute atomic E-state index is 0.0504. The van der Waals surface area contributed by atoms with E-state index in [1.165, 1.54) is 0 Å². The van der Waals surface area contributed by atoms with Crippen molar-refractivity contribution in [1.82, 2.24) is 5.32 Å². The summed E-state index contributed by atoms with van der Waals surface area (Å²) in [7, 11) is 0. The highest BCUT2D eigenvalue weighted by atomic mass is 16.4. The molecule has 1 aliphatic carbocycles. The summed E-state index contributed by atoms with van der Waals surface area (Å²) >= 11 is 0. The standard InChI is InChI=1S/C14H19N3O2/c1-14(7-8-14)16-13(18)11(12(15)17-19)9-10-5-3-2-4-6-10/h2-6,11,19H,7-9H2,1H3,(H2,15,17)(H,16,18). The van der Waals surface area contributed by atoms with E-state index in [1.807, 2.05) is 37.3 Å². The minimum atomic E-state index is -0.634. The van der Waals surface area contributed by atoms with E-state index in [-0.39, 0.29) is 17.3 Å². The van der Waals surface area contributed by atoms with Gasteiger partial charge in [-0.15, -0.1) is 0 Å². The second kappa shape index (κ2) is 5.30. The molecule has 0 aliphatic heterocycles. The molecule has 1 aromatic carbocycles. The zero-order valence-electron chi connectivity index (χ0n) is 11.0. The van der Waals surface area contributed by atoms with Gasteiger partial charge in [-0.05, 0) is 31.7 Å². The summed E-state index contributed by atoms with van der Waals surface area (Å²) in [4.78, 5) is 12.2. The van der Waals surface area contributed by atoms with Gasteiger partial charge in [-0.2, -0.15) is 0 Å². The summed E-state index contributed by atoms with van der Waals surface area (Å²) in [6, 6.07) is 9.55. The van der Waals surface area contributed by atoms with Gasteiger partial charge < -0.3 is 16.3 Å². The molecule has 0 saturated heterocycles. The van der Waals surface area contributed by atoms with Crippen LogP contribution in [0, 0.1) is 5.92 Å². The van der Waals surface area contributed by atoms with Gasteiger partial charge in [0, 0.05) is 5.54 Å². The van der Waals surface area contributed by atoms with Gasteiger partial charge in [0.25, 0.3) is 0 Å². The van der Waals surface area contributed by atoms with E-state index in [0.717, 1.165) is 18.4 Å². The zero-order valence-corrected chi connectivity index (χ0v) is 11.0. The van der Waals surface area contributed by atoms with Crippen LogP contribution in [-0.2, 0) is 11.2 Å². The van der Waals surface area contributed by atoms with Crippen LogP contribution in [0.4, 0.5) is 0 Å². The maximum atomic E-state index is 12.2. The third-order valence-corrected chi connectivity index (χ3v) is 3.50. The predicted molar refractivity (Wildman–Crippen MR) is 72.8 cm³/mol.